The summed E-state index contributed by atoms with van der Waals surface area (Å²) in [4.78, 5) is 26.3. The van der Waals surface area contributed by atoms with Crippen LogP contribution in [0, 0.1) is 5.82 Å². The number of carbonyl (C=O) groups excluding carboxylic acids is 2. The predicted molar refractivity (Wildman–Crippen MR) is 121 cm³/mol. The zero-order valence-corrected chi connectivity index (χ0v) is 19.4. The number of nitrogens with zero attached hydrogens (tertiary/aromatic N) is 2. The van der Waals surface area contributed by atoms with Gasteiger partial charge in [0.25, 0.3) is 5.91 Å². The second-order valence-electron chi connectivity index (χ2n) is 7.96. The molecule has 0 saturated carbocycles. The van der Waals surface area contributed by atoms with E-state index in [0.29, 0.717) is 56.3 Å². The maximum atomic E-state index is 13.0. The predicted octanol–water partition coefficient (Wildman–Crippen LogP) is 1.64. The molecule has 0 aliphatic carbocycles. The van der Waals surface area contributed by atoms with E-state index in [4.69, 9.17) is 9.47 Å². The van der Waals surface area contributed by atoms with Crippen LogP contribution in [0.3, 0.4) is 0 Å². The van der Waals surface area contributed by atoms with Crippen LogP contribution in [-0.2, 0) is 14.8 Å². The number of halogens is 1. The largest absolute Gasteiger partial charge is 0.486 e. The highest BCUT2D eigenvalue weighted by Gasteiger charge is 2.31. The van der Waals surface area contributed by atoms with E-state index in [1.165, 1.54) is 40.7 Å². The smallest absolute Gasteiger partial charge is 0.251 e. The molecule has 9 nitrogen and oxygen atoms in total. The van der Waals surface area contributed by atoms with Crippen molar-refractivity contribution in [3.63, 3.8) is 0 Å². The van der Waals surface area contributed by atoms with E-state index in [1.807, 2.05) is 0 Å². The normalized spacial score (nSPS) is 16.2. The van der Waals surface area contributed by atoms with E-state index >= 15 is 0 Å². The minimum Gasteiger partial charge on any atom is -0.486 e. The van der Waals surface area contributed by atoms with E-state index in [2.05, 4.69) is 5.32 Å². The van der Waals surface area contributed by atoms with Crippen LogP contribution < -0.4 is 14.8 Å². The van der Waals surface area contributed by atoms with E-state index in [0.717, 1.165) is 0 Å². The van der Waals surface area contributed by atoms with Gasteiger partial charge in [0, 0.05) is 50.8 Å². The van der Waals surface area contributed by atoms with Crippen molar-refractivity contribution in [3.05, 3.63) is 53.8 Å². The molecule has 2 heterocycles. The molecule has 182 valence electrons. The van der Waals surface area contributed by atoms with Crippen molar-refractivity contribution in [3.8, 4) is 11.5 Å². The average molecular weight is 492 g/mol. The lowest BCUT2D eigenvalue weighted by molar-refractivity contribution is -0.132. The Kier molecular flexibility index (Phi) is 7.32. The molecule has 2 aliphatic heterocycles. The quantitative estimate of drug-likeness (QED) is 0.591. The molecule has 2 aromatic rings. The van der Waals surface area contributed by atoms with Crippen LogP contribution in [0.25, 0.3) is 0 Å². The number of sulfonamides is 1. The number of amides is 2. The summed E-state index contributed by atoms with van der Waals surface area (Å²) >= 11 is 0. The number of ether oxygens (including phenoxy) is 2. The highest BCUT2D eigenvalue weighted by molar-refractivity contribution is 7.89. The van der Waals surface area contributed by atoms with Gasteiger partial charge in [0.05, 0.1) is 4.90 Å². The van der Waals surface area contributed by atoms with Crippen LogP contribution in [0.1, 0.15) is 23.2 Å². The molecule has 1 N–H and O–H groups in total. The fourth-order valence-electron chi connectivity index (χ4n) is 3.81. The molecule has 2 aromatic carbocycles. The lowest BCUT2D eigenvalue weighted by Gasteiger charge is -2.34. The maximum absolute atomic E-state index is 13.0. The molecule has 0 unspecified atom stereocenters. The molecule has 11 heteroatoms. The summed E-state index contributed by atoms with van der Waals surface area (Å²) in [6.45, 7) is 2.09. The number of rotatable bonds is 7. The van der Waals surface area contributed by atoms with Crippen molar-refractivity contribution in [2.75, 3.05) is 45.9 Å². The molecule has 2 aliphatic rings. The van der Waals surface area contributed by atoms with Crippen molar-refractivity contribution in [1.29, 1.82) is 0 Å². The molecular formula is C23H26FN3O6S. The van der Waals surface area contributed by atoms with Gasteiger partial charge in [-0.25, -0.2) is 12.8 Å². The van der Waals surface area contributed by atoms with Gasteiger partial charge in [0.15, 0.2) is 11.5 Å². The van der Waals surface area contributed by atoms with E-state index in [1.54, 1.807) is 11.0 Å². The van der Waals surface area contributed by atoms with Gasteiger partial charge < -0.3 is 19.7 Å². The molecule has 4 rings (SSSR count). The summed E-state index contributed by atoms with van der Waals surface area (Å²) in [5.74, 6) is 0.0984. The molecular weight excluding hydrogens is 465 g/mol. The summed E-state index contributed by atoms with van der Waals surface area (Å²) in [6, 6.07) is 9.79. The molecule has 0 bridgehead atoms. The summed E-state index contributed by atoms with van der Waals surface area (Å²) < 4.78 is 51.3. The Balaban J connectivity index is 1.22. The average Bonchev–Trinajstić information content (AvgIpc) is 2.86. The summed E-state index contributed by atoms with van der Waals surface area (Å²) in [7, 11) is -3.72. The second-order valence-corrected chi connectivity index (χ2v) is 9.89. The molecule has 1 fully saturated rings. The van der Waals surface area contributed by atoms with Crippen molar-refractivity contribution in [2.24, 2.45) is 0 Å². The molecule has 34 heavy (non-hydrogen) atoms. The van der Waals surface area contributed by atoms with Gasteiger partial charge in [-0.1, -0.05) is 0 Å². The lowest BCUT2D eigenvalue weighted by atomic mass is 10.2. The molecule has 0 aromatic heterocycles. The third-order valence-electron chi connectivity index (χ3n) is 5.70. The van der Waals surface area contributed by atoms with Gasteiger partial charge in [0.2, 0.25) is 15.9 Å². The Morgan fingerprint density at radius 1 is 0.941 bits per heavy atom. The molecule has 2 amide bonds. The van der Waals surface area contributed by atoms with Crippen molar-refractivity contribution < 1.29 is 31.9 Å². The van der Waals surface area contributed by atoms with Crippen LogP contribution in [0.4, 0.5) is 4.39 Å². The van der Waals surface area contributed by atoms with E-state index in [9.17, 15) is 22.4 Å². The second kappa shape index (κ2) is 10.4. The third-order valence-corrected chi connectivity index (χ3v) is 7.60. The Bertz CT molecular complexity index is 1150. The third kappa shape index (κ3) is 5.48. The number of piperazine rings is 1. The van der Waals surface area contributed by atoms with E-state index in [-0.39, 0.29) is 36.2 Å². The van der Waals surface area contributed by atoms with Gasteiger partial charge >= 0.3 is 0 Å². The Labute approximate surface area is 197 Å². The van der Waals surface area contributed by atoms with Crippen molar-refractivity contribution >= 4 is 21.8 Å². The molecule has 0 spiro atoms. The Morgan fingerprint density at radius 3 is 2.32 bits per heavy atom. The zero-order chi connectivity index (χ0) is 24.1. The van der Waals surface area contributed by atoms with Gasteiger partial charge in [-0.3, -0.25) is 9.59 Å². The fourth-order valence-corrected chi connectivity index (χ4v) is 5.25. The number of hydrogen-bond donors (Lipinski definition) is 1. The first-order valence-electron chi connectivity index (χ1n) is 11.1. The SMILES string of the molecule is O=C(NCCCC(=O)N1CCN(S(=O)(=O)c2ccc3c(c2)OCCO3)CC1)c1ccc(F)cc1. The van der Waals surface area contributed by atoms with Crippen LogP contribution >= 0.6 is 0 Å². The number of carbonyl (C=O) groups is 2. The number of nitrogens with one attached hydrogen (secondary N) is 1. The van der Waals surface area contributed by atoms with Gasteiger partial charge in [0.1, 0.15) is 19.0 Å². The van der Waals surface area contributed by atoms with Crippen LogP contribution in [0.5, 0.6) is 11.5 Å². The fraction of sp³-hybridized carbons (Fsp3) is 0.391. The Hall–Kier alpha value is -3.18. The molecule has 1 saturated heterocycles. The van der Waals surface area contributed by atoms with Crippen LogP contribution in [-0.4, -0.2) is 75.4 Å². The summed E-state index contributed by atoms with van der Waals surface area (Å²) in [5.41, 5.74) is 0.350. The van der Waals surface area contributed by atoms with Crippen molar-refractivity contribution in [1.82, 2.24) is 14.5 Å². The number of benzene rings is 2. The summed E-state index contributed by atoms with van der Waals surface area (Å²) in [6.07, 6.45) is 0.681. The highest BCUT2D eigenvalue weighted by Crippen LogP contribution is 2.33. The van der Waals surface area contributed by atoms with Gasteiger partial charge in [-0.05, 0) is 42.8 Å². The minimum absolute atomic E-state index is 0.0904. The number of hydrogen-bond acceptors (Lipinski definition) is 6. The standard InChI is InChI=1S/C23H26FN3O6S/c24-18-5-3-17(4-6-18)23(29)25-9-1-2-22(28)26-10-12-27(13-11-26)34(30,31)19-7-8-20-21(16-19)33-15-14-32-20/h3-8,16H,1-2,9-15H2,(H,25,29). The lowest BCUT2D eigenvalue weighted by Crippen LogP contribution is -2.50. The number of fused-ring (bicyclic) bond motifs is 1. The molecule has 0 radical (unpaired) electrons. The first kappa shape index (κ1) is 24.0. The topological polar surface area (TPSA) is 105 Å². The van der Waals surface area contributed by atoms with E-state index < -0.39 is 15.8 Å². The van der Waals surface area contributed by atoms with Crippen molar-refractivity contribution in [2.45, 2.75) is 17.7 Å². The van der Waals surface area contributed by atoms with Crippen LogP contribution in [0.15, 0.2) is 47.4 Å². The summed E-state index contributed by atoms with van der Waals surface area (Å²) in [5, 5.41) is 2.70. The maximum Gasteiger partial charge on any atom is 0.251 e. The first-order chi connectivity index (χ1) is 16.3. The van der Waals surface area contributed by atoms with Gasteiger partial charge in [-0.15, -0.1) is 0 Å². The highest BCUT2D eigenvalue weighted by atomic mass is 32.2. The Morgan fingerprint density at radius 2 is 1.62 bits per heavy atom. The zero-order valence-electron chi connectivity index (χ0n) is 18.5. The monoisotopic (exact) mass is 491 g/mol. The van der Waals surface area contributed by atoms with Gasteiger partial charge in [-0.2, -0.15) is 4.31 Å². The first-order valence-corrected chi connectivity index (χ1v) is 12.5. The van der Waals surface area contributed by atoms with Crippen LogP contribution in [0.2, 0.25) is 0 Å². The molecule has 0 atom stereocenters. The minimum atomic E-state index is -3.72.